The molecule has 0 spiro atoms. The first-order valence-electron chi connectivity index (χ1n) is 6.72. The van der Waals surface area contributed by atoms with Crippen molar-refractivity contribution >= 4 is 22.6 Å². The van der Waals surface area contributed by atoms with Crippen molar-refractivity contribution in [2.75, 3.05) is 12.0 Å². The summed E-state index contributed by atoms with van der Waals surface area (Å²) in [6.45, 7) is 7.57. The molecule has 1 N–H and O–H groups in total. The summed E-state index contributed by atoms with van der Waals surface area (Å²) in [4.78, 5) is 26.3. The third kappa shape index (κ3) is 3.55. The van der Waals surface area contributed by atoms with E-state index in [4.69, 9.17) is 0 Å². The number of amides is 2. The molecule has 4 unspecified atom stereocenters. The molecule has 0 aromatic heterocycles. The molecule has 2 amide bonds. The van der Waals surface area contributed by atoms with Crippen LogP contribution in [0.1, 0.15) is 34.1 Å². The Morgan fingerprint density at radius 2 is 1.89 bits per heavy atom. The van der Waals surface area contributed by atoms with E-state index in [2.05, 4.69) is 5.32 Å². The van der Waals surface area contributed by atoms with Gasteiger partial charge in [0.05, 0.1) is 0 Å². The van der Waals surface area contributed by atoms with Crippen LogP contribution in [-0.4, -0.2) is 51.1 Å². The minimum Gasteiger partial charge on any atom is -0.342 e. The predicted octanol–water partition coefficient (Wildman–Crippen LogP) is 0.515. The van der Waals surface area contributed by atoms with Crippen LogP contribution in [0.15, 0.2) is 0 Å². The zero-order valence-electron chi connectivity index (χ0n) is 12.3. The summed E-state index contributed by atoms with van der Waals surface area (Å²) >= 11 is 0. The number of hydrogen-bond donors (Lipinski definition) is 1. The predicted molar refractivity (Wildman–Crippen MR) is 76.1 cm³/mol. The molecule has 0 aliphatic carbocycles. The normalized spacial score (nSPS) is 27.4. The van der Waals surface area contributed by atoms with Gasteiger partial charge in [-0.25, -0.2) is 0 Å². The van der Waals surface area contributed by atoms with Gasteiger partial charge < -0.3 is 10.2 Å². The second-order valence-electron chi connectivity index (χ2n) is 5.49. The summed E-state index contributed by atoms with van der Waals surface area (Å²) in [5.41, 5.74) is 0. The number of piperazine rings is 1. The highest BCUT2D eigenvalue weighted by Gasteiger charge is 2.42. The molecule has 1 aliphatic heterocycles. The van der Waals surface area contributed by atoms with E-state index in [9.17, 15) is 13.8 Å². The van der Waals surface area contributed by atoms with Crippen LogP contribution in [0.3, 0.4) is 0 Å². The van der Waals surface area contributed by atoms with E-state index in [0.29, 0.717) is 12.2 Å². The smallest absolute Gasteiger partial charge is 0.246 e. The van der Waals surface area contributed by atoms with E-state index in [1.807, 2.05) is 27.7 Å². The second kappa shape index (κ2) is 6.50. The molecule has 1 saturated heterocycles. The summed E-state index contributed by atoms with van der Waals surface area (Å²) in [6, 6.07) is -1.10. The van der Waals surface area contributed by atoms with Crippen molar-refractivity contribution in [2.45, 2.75) is 52.2 Å². The third-order valence-electron chi connectivity index (χ3n) is 3.46. The summed E-state index contributed by atoms with van der Waals surface area (Å²) in [5, 5.41) is 2.80. The van der Waals surface area contributed by atoms with Crippen LogP contribution in [0, 0.1) is 5.92 Å². The first kappa shape index (κ1) is 16.1. The quantitative estimate of drug-likeness (QED) is 0.802. The molecule has 1 fully saturated rings. The Kier molecular flexibility index (Phi) is 5.52. The SMILES string of the molecule is CCC1C(=O)NC(C(C)C)C(=O)N1C(C)CS(C)=O. The average Bonchev–Trinajstić information content (AvgIpc) is 2.29. The van der Waals surface area contributed by atoms with E-state index >= 15 is 0 Å². The number of carbonyl (C=O) groups excluding carboxylic acids is 2. The summed E-state index contributed by atoms with van der Waals surface area (Å²) in [5.74, 6) is 0.297. The maximum Gasteiger partial charge on any atom is 0.246 e. The first-order valence-corrected chi connectivity index (χ1v) is 8.44. The third-order valence-corrected chi connectivity index (χ3v) is 4.41. The highest BCUT2D eigenvalue weighted by atomic mass is 32.2. The number of rotatable bonds is 5. The topological polar surface area (TPSA) is 66.5 Å². The van der Waals surface area contributed by atoms with Crippen LogP contribution in [0.2, 0.25) is 0 Å². The van der Waals surface area contributed by atoms with Gasteiger partial charge in [0.2, 0.25) is 11.8 Å². The standard InChI is InChI=1S/C13H24N2O3S/c1-6-10-12(16)14-11(8(2)3)13(17)15(10)9(4)7-19(5)18/h8-11H,6-7H2,1-5H3,(H,14,16). The Morgan fingerprint density at radius 3 is 2.32 bits per heavy atom. The minimum absolute atomic E-state index is 0.0519. The molecule has 0 saturated carbocycles. The molecule has 0 aromatic rings. The molecule has 0 bridgehead atoms. The van der Waals surface area contributed by atoms with Gasteiger partial charge in [-0.3, -0.25) is 13.8 Å². The van der Waals surface area contributed by atoms with Gasteiger partial charge in [-0.2, -0.15) is 0 Å². The molecule has 4 atom stereocenters. The zero-order chi connectivity index (χ0) is 14.7. The summed E-state index contributed by atoms with van der Waals surface area (Å²) in [6.07, 6.45) is 2.19. The van der Waals surface area contributed by atoms with E-state index in [1.54, 1.807) is 11.2 Å². The van der Waals surface area contributed by atoms with Gasteiger partial charge in [0.1, 0.15) is 12.1 Å². The molecular weight excluding hydrogens is 264 g/mol. The van der Waals surface area contributed by atoms with Crippen molar-refractivity contribution < 1.29 is 13.8 Å². The molecule has 5 nitrogen and oxygen atoms in total. The fourth-order valence-corrected chi connectivity index (χ4v) is 3.37. The van der Waals surface area contributed by atoms with Crippen molar-refractivity contribution in [3.8, 4) is 0 Å². The lowest BCUT2D eigenvalue weighted by atomic mass is 9.96. The maximum absolute atomic E-state index is 12.5. The van der Waals surface area contributed by atoms with Crippen molar-refractivity contribution in [3.05, 3.63) is 0 Å². The van der Waals surface area contributed by atoms with Gasteiger partial charge in [0.25, 0.3) is 0 Å². The molecule has 0 radical (unpaired) electrons. The highest BCUT2D eigenvalue weighted by Crippen LogP contribution is 2.20. The molecule has 0 aromatic carbocycles. The van der Waals surface area contributed by atoms with Gasteiger partial charge in [-0.05, 0) is 19.3 Å². The van der Waals surface area contributed by atoms with E-state index < -0.39 is 22.9 Å². The summed E-state index contributed by atoms with van der Waals surface area (Å²) in [7, 11) is -0.988. The Hall–Kier alpha value is -0.910. The van der Waals surface area contributed by atoms with Crippen LogP contribution >= 0.6 is 0 Å². The fourth-order valence-electron chi connectivity index (χ4n) is 2.53. The van der Waals surface area contributed by atoms with Crippen molar-refractivity contribution in [1.82, 2.24) is 10.2 Å². The Balaban J connectivity index is 3.01. The van der Waals surface area contributed by atoms with Crippen LogP contribution in [0.4, 0.5) is 0 Å². The molecule has 1 heterocycles. The second-order valence-corrected chi connectivity index (χ2v) is 6.97. The highest BCUT2D eigenvalue weighted by molar-refractivity contribution is 7.84. The maximum atomic E-state index is 12.5. The lowest BCUT2D eigenvalue weighted by molar-refractivity contribution is -0.152. The lowest BCUT2D eigenvalue weighted by Crippen LogP contribution is -2.67. The largest absolute Gasteiger partial charge is 0.342 e. The fraction of sp³-hybridized carbons (Fsp3) is 0.846. The van der Waals surface area contributed by atoms with Crippen LogP contribution in [-0.2, 0) is 20.4 Å². The van der Waals surface area contributed by atoms with Gasteiger partial charge >= 0.3 is 0 Å². The van der Waals surface area contributed by atoms with E-state index in [-0.39, 0.29) is 23.8 Å². The Bertz CT molecular complexity index is 384. The van der Waals surface area contributed by atoms with E-state index in [0.717, 1.165) is 0 Å². The Morgan fingerprint density at radius 1 is 1.32 bits per heavy atom. The van der Waals surface area contributed by atoms with Gasteiger partial charge in [-0.1, -0.05) is 20.8 Å². The number of hydrogen-bond acceptors (Lipinski definition) is 3. The van der Waals surface area contributed by atoms with Gasteiger partial charge in [0, 0.05) is 28.9 Å². The van der Waals surface area contributed by atoms with Crippen molar-refractivity contribution in [2.24, 2.45) is 5.92 Å². The molecule has 1 aliphatic rings. The number of nitrogens with one attached hydrogen (secondary N) is 1. The molecule has 6 heteroatoms. The Labute approximate surface area is 117 Å². The van der Waals surface area contributed by atoms with Crippen molar-refractivity contribution in [1.29, 1.82) is 0 Å². The van der Waals surface area contributed by atoms with Crippen LogP contribution < -0.4 is 5.32 Å². The van der Waals surface area contributed by atoms with E-state index in [1.165, 1.54) is 0 Å². The molecule has 1 rings (SSSR count). The summed E-state index contributed by atoms with van der Waals surface area (Å²) < 4.78 is 11.4. The van der Waals surface area contributed by atoms with Gasteiger partial charge in [0.15, 0.2) is 0 Å². The lowest BCUT2D eigenvalue weighted by Gasteiger charge is -2.43. The average molecular weight is 288 g/mol. The van der Waals surface area contributed by atoms with Crippen LogP contribution in [0.5, 0.6) is 0 Å². The molecule has 110 valence electrons. The molecular formula is C13H24N2O3S. The van der Waals surface area contributed by atoms with Crippen LogP contribution in [0.25, 0.3) is 0 Å². The monoisotopic (exact) mass is 288 g/mol. The van der Waals surface area contributed by atoms with Crippen molar-refractivity contribution in [3.63, 3.8) is 0 Å². The number of carbonyl (C=O) groups is 2. The first-order chi connectivity index (χ1) is 8.79. The molecule has 19 heavy (non-hydrogen) atoms. The minimum atomic E-state index is -0.988. The van der Waals surface area contributed by atoms with Gasteiger partial charge in [-0.15, -0.1) is 0 Å². The number of nitrogens with zero attached hydrogens (tertiary/aromatic N) is 1. The zero-order valence-corrected chi connectivity index (χ0v) is 13.1.